The lowest BCUT2D eigenvalue weighted by Crippen LogP contribution is -2.62. The van der Waals surface area contributed by atoms with E-state index < -0.39 is 15.4 Å². The maximum absolute atomic E-state index is 6.26. The van der Waals surface area contributed by atoms with Crippen molar-refractivity contribution in [3.8, 4) is 0 Å². The van der Waals surface area contributed by atoms with E-state index in [2.05, 4.69) is 27.7 Å². The predicted molar refractivity (Wildman–Crippen MR) is 72.7 cm³/mol. The van der Waals surface area contributed by atoms with Crippen molar-refractivity contribution in [1.29, 1.82) is 0 Å². The Morgan fingerprint density at radius 3 is 2.00 bits per heavy atom. The smallest absolute Gasteiger partial charge is 0.169 e. The average molecular weight is 247 g/mol. The summed E-state index contributed by atoms with van der Waals surface area (Å²) in [6, 6.07) is 7.41. The Morgan fingerprint density at radius 1 is 1.00 bits per heavy atom. The zero-order chi connectivity index (χ0) is 10.7. The normalized spacial score (nSPS) is 26.6. The molecule has 14 heavy (non-hydrogen) atoms. The summed E-state index contributed by atoms with van der Waals surface area (Å²) in [6.45, 7) is 10.8. The van der Waals surface area contributed by atoms with Crippen LogP contribution in [0.1, 0.15) is 27.7 Å². The SMILES string of the molecule is CC[Si]1(CC)CCO[Si](CC)(CC)[SiH2]1. The Morgan fingerprint density at radius 2 is 1.57 bits per heavy atom. The molecular weight excluding hydrogens is 220 g/mol. The van der Waals surface area contributed by atoms with Crippen LogP contribution >= 0.6 is 0 Å². The number of hydrogen-bond donors (Lipinski definition) is 0. The van der Waals surface area contributed by atoms with Crippen LogP contribution in [0.25, 0.3) is 0 Å². The fourth-order valence-corrected chi connectivity index (χ4v) is 41.5. The zero-order valence-electron chi connectivity index (χ0n) is 10.4. The van der Waals surface area contributed by atoms with Crippen molar-refractivity contribution in [3.05, 3.63) is 0 Å². The van der Waals surface area contributed by atoms with E-state index in [1.165, 1.54) is 18.1 Å². The van der Waals surface area contributed by atoms with Gasteiger partial charge < -0.3 is 4.43 Å². The molecule has 0 aromatic carbocycles. The molecule has 0 amide bonds. The third-order valence-corrected chi connectivity index (χ3v) is 38.0. The van der Waals surface area contributed by atoms with Gasteiger partial charge in [-0.15, -0.1) is 0 Å². The van der Waals surface area contributed by atoms with Gasteiger partial charge in [0.2, 0.25) is 0 Å². The molecule has 1 aliphatic rings. The summed E-state index contributed by atoms with van der Waals surface area (Å²) in [5.74, 6) is 0. The lowest BCUT2D eigenvalue weighted by atomic mass is 10.9. The minimum absolute atomic E-state index is 0.178. The van der Waals surface area contributed by atoms with Crippen molar-refractivity contribution in [2.24, 2.45) is 0 Å². The molecule has 0 aromatic heterocycles. The van der Waals surface area contributed by atoms with Gasteiger partial charge in [0.1, 0.15) is 0 Å². The topological polar surface area (TPSA) is 9.23 Å². The third-order valence-electron chi connectivity index (χ3n) is 4.53. The van der Waals surface area contributed by atoms with Gasteiger partial charge >= 0.3 is 0 Å². The van der Waals surface area contributed by atoms with Crippen molar-refractivity contribution in [1.82, 2.24) is 0 Å². The maximum atomic E-state index is 6.26. The van der Waals surface area contributed by atoms with Crippen LogP contribution in [0.5, 0.6) is 0 Å². The first kappa shape index (κ1) is 12.7. The summed E-state index contributed by atoms with van der Waals surface area (Å²) in [7, 11) is -1.66. The van der Waals surface area contributed by atoms with Gasteiger partial charge in [0.25, 0.3) is 0 Å². The molecule has 1 fully saturated rings. The Bertz CT molecular complexity index is 158. The molecule has 1 nitrogen and oxygen atoms in total. The maximum Gasteiger partial charge on any atom is 0.169 e. The lowest BCUT2D eigenvalue weighted by molar-refractivity contribution is 0.330. The first-order chi connectivity index (χ1) is 6.66. The molecule has 1 saturated heterocycles. The second-order valence-electron chi connectivity index (χ2n) is 4.87. The highest BCUT2D eigenvalue weighted by molar-refractivity contribution is 7.52. The van der Waals surface area contributed by atoms with Crippen LogP contribution in [-0.2, 0) is 4.43 Å². The second kappa shape index (κ2) is 5.10. The Kier molecular flexibility index (Phi) is 4.61. The minimum atomic E-state index is -1.11. The molecule has 4 heteroatoms. The molecule has 0 N–H and O–H groups in total. The highest BCUT2D eigenvalue weighted by atomic mass is 29.6. The van der Waals surface area contributed by atoms with Gasteiger partial charge in [-0.1, -0.05) is 39.8 Å². The summed E-state index contributed by atoms with van der Waals surface area (Å²) in [6.07, 6.45) is 0. The molecule has 0 aliphatic carbocycles. The summed E-state index contributed by atoms with van der Waals surface area (Å²) >= 11 is 0. The minimum Gasteiger partial charge on any atom is -0.421 e. The Balaban J connectivity index is 2.75. The summed E-state index contributed by atoms with van der Waals surface area (Å²) in [5.41, 5.74) is 0. The molecule has 0 saturated carbocycles. The van der Waals surface area contributed by atoms with Crippen LogP contribution in [0.4, 0.5) is 0 Å². The van der Waals surface area contributed by atoms with Gasteiger partial charge in [0.15, 0.2) is 7.83 Å². The molecule has 0 bridgehead atoms. The number of rotatable bonds is 4. The summed E-state index contributed by atoms with van der Waals surface area (Å²) in [5, 5.41) is 0. The van der Waals surface area contributed by atoms with Crippen LogP contribution in [0.3, 0.4) is 0 Å². The van der Waals surface area contributed by atoms with Gasteiger partial charge in [-0.3, -0.25) is 0 Å². The Labute approximate surface area is 93.2 Å². The molecule has 1 aliphatic heterocycles. The van der Waals surface area contributed by atoms with E-state index in [0.29, 0.717) is 0 Å². The van der Waals surface area contributed by atoms with Gasteiger partial charge in [-0.05, 0) is 18.1 Å². The van der Waals surface area contributed by atoms with E-state index in [0.717, 1.165) is 6.61 Å². The number of hydrogen-bond acceptors (Lipinski definition) is 1. The standard InChI is InChI=1S/C10H26OSi3/c1-5-13(6-2)10-9-11-14(7-3,8-4)12-13/h5-10,12H2,1-4H3. The highest BCUT2D eigenvalue weighted by Crippen LogP contribution is 2.31. The third kappa shape index (κ3) is 2.40. The van der Waals surface area contributed by atoms with E-state index in [-0.39, 0.29) is 8.55 Å². The molecule has 0 spiro atoms. The first-order valence-corrected chi connectivity index (χ1v) is 15.9. The van der Waals surface area contributed by atoms with Gasteiger partial charge in [0, 0.05) is 22.8 Å². The van der Waals surface area contributed by atoms with Crippen molar-refractivity contribution in [3.63, 3.8) is 0 Å². The van der Waals surface area contributed by atoms with E-state index in [9.17, 15) is 0 Å². The fraction of sp³-hybridized carbons (Fsp3) is 1.00. The molecule has 84 valence electrons. The van der Waals surface area contributed by atoms with Crippen molar-refractivity contribution < 1.29 is 4.43 Å². The lowest BCUT2D eigenvalue weighted by Gasteiger charge is -2.44. The second-order valence-corrected chi connectivity index (χ2v) is 26.8. The molecular formula is C10H26OSi3. The van der Waals surface area contributed by atoms with Gasteiger partial charge in [-0.2, -0.15) is 0 Å². The Hall–Kier alpha value is 0.611. The van der Waals surface area contributed by atoms with Crippen LogP contribution < -0.4 is 0 Å². The molecule has 0 radical (unpaired) electrons. The average Bonchev–Trinajstić information content (AvgIpc) is 2.29. The molecule has 0 unspecified atom stereocenters. The van der Waals surface area contributed by atoms with Crippen molar-refractivity contribution >= 4 is 24.0 Å². The summed E-state index contributed by atoms with van der Waals surface area (Å²) in [4.78, 5) is 0. The van der Waals surface area contributed by atoms with Gasteiger partial charge in [0.05, 0.1) is 0 Å². The molecule has 0 atom stereocenters. The van der Waals surface area contributed by atoms with Crippen LogP contribution in [0.2, 0.25) is 30.2 Å². The van der Waals surface area contributed by atoms with Gasteiger partial charge in [-0.25, -0.2) is 0 Å². The monoisotopic (exact) mass is 246 g/mol. The van der Waals surface area contributed by atoms with Crippen molar-refractivity contribution in [2.45, 2.75) is 57.9 Å². The molecule has 0 aromatic rings. The molecule has 1 heterocycles. The first-order valence-electron chi connectivity index (χ1n) is 6.30. The highest BCUT2D eigenvalue weighted by Gasteiger charge is 2.45. The van der Waals surface area contributed by atoms with Crippen LogP contribution in [-0.4, -0.2) is 30.6 Å². The van der Waals surface area contributed by atoms with Crippen molar-refractivity contribution in [2.75, 3.05) is 6.61 Å². The van der Waals surface area contributed by atoms with E-state index in [4.69, 9.17) is 4.43 Å². The largest absolute Gasteiger partial charge is 0.421 e. The zero-order valence-corrected chi connectivity index (χ0v) is 13.8. The molecule has 1 rings (SSSR count). The van der Waals surface area contributed by atoms with E-state index in [1.54, 1.807) is 12.1 Å². The predicted octanol–water partition coefficient (Wildman–Crippen LogP) is 2.65. The van der Waals surface area contributed by atoms with Crippen LogP contribution in [0.15, 0.2) is 0 Å². The van der Waals surface area contributed by atoms with E-state index in [1.807, 2.05) is 0 Å². The summed E-state index contributed by atoms with van der Waals surface area (Å²) < 4.78 is 6.26. The quantitative estimate of drug-likeness (QED) is 0.693. The van der Waals surface area contributed by atoms with Crippen LogP contribution in [0, 0.1) is 0 Å². The van der Waals surface area contributed by atoms with E-state index >= 15 is 0 Å². The fourth-order valence-electron chi connectivity index (χ4n) is 2.86.